The van der Waals surface area contributed by atoms with E-state index in [2.05, 4.69) is 5.32 Å². The number of anilines is 1. The number of nitrogens with one attached hydrogen (secondary N) is 1. The van der Waals surface area contributed by atoms with Crippen LogP contribution in [0.2, 0.25) is 5.02 Å². The Morgan fingerprint density at radius 1 is 1.57 bits per heavy atom. The molecule has 1 aromatic rings. The highest BCUT2D eigenvalue weighted by molar-refractivity contribution is 6.32. The molecule has 1 saturated heterocycles. The molecule has 1 aliphatic rings. The van der Waals surface area contributed by atoms with E-state index in [0.717, 1.165) is 12.8 Å². The molecule has 5 nitrogen and oxygen atoms in total. The second-order valence-electron chi connectivity index (χ2n) is 5.47. The van der Waals surface area contributed by atoms with Crippen molar-refractivity contribution in [3.8, 4) is 6.07 Å². The van der Waals surface area contributed by atoms with Crippen LogP contribution in [0, 0.1) is 11.3 Å². The van der Waals surface area contributed by atoms with Gasteiger partial charge in [0.2, 0.25) is 5.91 Å². The van der Waals surface area contributed by atoms with Gasteiger partial charge in [-0.1, -0.05) is 24.9 Å². The van der Waals surface area contributed by atoms with Crippen LogP contribution in [-0.4, -0.2) is 41.1 Å². The highest BCUT2D eigenvalue weighted by Gasteiger charge is 2.40. The number of hydrogen-bond acceptors (Lipinski definition) is 4. The van der Waals surface area contributed by atoms with Crippen LogP contribution in [0.25, 0.3) is 0 Å². The molecule has 1 aromatic carbocycles. The quantitative estimate of drug-likeness (QED) is 0.872. The van der Waals surface area contributed by atoms with E-state index in [1.807, 2.05) is 17.9 Å². The lowest BCUT2D eigenvalue weighted by molar-refractivity contribution is -0.129. The van der Waals surface area contributed by atoms with Crippen LogP contribution in [0.5, 0.6) is 0 Å². The lowest BCUT2D eigenvalue weighted by Gasteiger charge is -2.46. The summed E-state index contributed by atoms with van der Waals surface area (Å²) in [6.07, 6.45) is 1.69. The van der Waals surface area contributed by atoms with Gasteiger partial charge in [-0.2, -0.15) is 5.26 Å². The van der Waals surface area contributed by atoms with Crippen molar-refractivity contribution >= 4 is 23.2 Å². The van der Waals surface area contributed by atoms with Gasteiger partial charge in [-0.05, 0) is 24.6 Å². The number of nitrogens with zero attached hydrogens (tertiary/aromatic N) is 2. The summed E-state index contributed by atoms with van der Waals surface area (Å²) in [7, 11) is 0. The molecule has 1 amide bonds. The minimum Gasteiger partial charge on any atom is -0.387 e. The summed E-state index contributed by atoms with van der Waals surface area (Å²) in [4.78, 5) is 13.8. The van der Waals surface area contributed by atoms with Crippen molar-refractivity contribution in [3.05, 3.63) is 28.8 Å². The second kappa shape index (κ2) is 6.44. The fourth-order valence-electron chi connectivity index (χ4n) is 2.61. The predicted octanol–water partition coefficient (Wildman–Crippen LogP) is 2.00. The van der Waals surface area contributed by atoms with Crippen molar-refractivity contribution in [2.75, 3.05) is 25.0 Å². The van der Waals surface area contributed by atoms with Crippen LogP contribution in [-0.2, 0) is 4.79 Å². The van der Waals surface area contributed by atoms with Crippen molar-refractivity contribution in [1.29, 1.82) is 5.26 Å². The first-order valence-corrected chi connectivity index (χ1v) is 7.28. The van der Waals surface area contributed by atoms with Crippen molar-refractivity contribution in [2.24, 2.45) is 0 Å². The number of hydrogen-bond donors (Lipinski definition) is 2. The van der Waals surface area contributed by atoms with Gasteiger partial charge in [0.1, 0.15) is 6.07 Å². The van der Waals surface area contributed by atoms with Gasteiger partial charge in [0.15, 0.2) is 0 Å². The SMILES string of the molecule is CCCC1(O)CN(CC(=O)Nc2ccc(C#N)c(Cl)c2)C1. The maximum absolute atomic E-state index is 11.9. The van der Waals surface area contributed by atoms with Crippen LogP contribution < -0.4 is 5.32 Å². The van der Waals surface area contributed by atoms with Crippen molar-refractivity contribution in [2.45, 2.75) is 25.4 Å². The van der Waals surface area contributed by atoms with Crippen molar-refractivity contribution in [3.63, 3.8) is 0 Å². The summed E-state index contributed by atoms with van der Waals surface area (Å²) in [5, 5.41) is 21.9. The molecule has 21 heavy (non-hydrogen) atoms. The lowest BCUT2D eigenvalue weighted by atomic mass is 9.89. The Morgan fingerprint density at radius 3 is 2.86 bits per heavy atom. The Morgan fingerprint density at radius 2 is 2.29 bits per heavy atom. The third-order valence-electron chi connectivity index (χ3n) is 3.49. The van der Waals surface area contributed by atoms with E-state index in [9.17, 15) is 9.90 Å². The third kappa shape index (κ3) is 3.94. The molecule has 1 heterocycles. The molecule has 0 bridgehead atoms. The minimum atomic E-state index is -0.632. The molecule has 0 aliphatic carbocycles. The maximum Gasteiger partial charge on any atom is 0.238 e. The summed E-state index contributed by atoms with van der Waals surface area (Å²) in [5.41, 5.74) is 0.308. The van der Waals surface area contributed by atoms with Crippen LogP contribution in [0.4, 0.5) is 5.69 Å². The Bertz CT molecular complexity index is 577. The van der Waals surface area contributed by atoms with Gasteiger partial charge in [-0.15, -0.1) is 0 Å². The zero-order valence-electron chi connectivity index (χ0n) is 11.9. The summed E-state index contributed by atoms with van der Waals surface area (Å²) in [6, 6.07) is 6.74. The van der Waals surface area contributed by atoms with Gasteiger partial charge in [0, 0.05) is 18.8 Å². The summed E-state index contributed by atoms with van der Waals surface area (Å²) in [5.74, 6) is -0.158. The van der Waals surface area contributed by atoms with E-state index in [1.165, 1.54) is 0 Å². The number of carbonyl (C=O) groups excluding carboxylic acids is 1. The monoisotopic (exact) mass is 307 g/mol. The van der Waals surface area contributed by atoms with Gasteiger partial charge in [-0.3, -0.25) is 9.69 Å². The van der Waals surface area contributed by atoms with Crippen molar-refractivity contribution in [1.82, 2.24) is 4.90 Å². The van der Waals surface area contributed by atoms with E-state index in [-0.39, 0.29) is 12.5 Å². The fraction of sp³-hybridized carbons (Fsp3) is 0.467. The molecule has 0 radical (unpaired) electrons. The molecule has 112 valence electrons. The minimum absolute atomic E-state index is 0.158. The number of β-amino-alcohol motifs (C(OH)–C–C–N with tert-alkyl or cyclic N) is 1. The Hall–Kier alpha value is -1.61. The average molecular weight is 308 g/mol. The number of carbonyl (C=O) groups is 1. The highest BCUT2D eigenvalue weighted by atomic mass is 35.5. The smallest absolute Gasteiger partial charge is 0.238 e. The second-order valence-corrected chi connectivity index (χ2v) is 5.88. The zero-order valence-corrected chi connectivity index (χ0v) is 12.7. The molecule has 0 saturated carbocycles. The molecule has 1 fully saturated rings. The number of aliphatic hydroxyl groups is 1. The number of nitriles is 1. The lowest BCUT2D eigenvalue weighted by Crippen LogP contribution is -2.62. The van der Waals surface area contributed by atoms with Crippen LogP contribution in [0.3, 0.4) is 0 Å². The number of rotatable bonds is 5. The summed E-state index contributed by atoms with van der Waals surface area (Å²) < 4.78 is 0. The van der Waals surface area contributed by atoms with Gasteiger partial charge in [0.25, 0.3) is 0 Å². The first kappa shape index (κ1) is 15.8. The van der Waals surface area contributed by atoms with Crippen molar-refractivity contribution < 1.29 is 9.90 Å². The van der Waals surface area contributed by atoms with E-state index >= 15 is 0 Å². The standard InChI is InChI=1S/C15H18ClN3O2/c1-2-5-15(21)9-19(10-15)8-14(20)18-12-4-3-11(7-17)13(16)6-12/h3-4,6,21H,2,5,8-10H2,1H3,(H,18,20). The highest BCUT2D eigenvalue weighted by Crippen LogP contribution is 2.25. The Balaban J connectivity index is 1.84. The van der Waals surface area contributed by atoms with Crippen LogP contribution in [0.1, 0.15) is 25.3 Å². The first-order chi connectivity index (χ1) is 9.95. The number of halogens is 1. The van der Waals surface area contributed by atoms with Crippen LogP contribution >= 0.6 is 11.6 Å². The van der Waals surface area contributed by atoms with Gasteiger partial charge >= 0.3 is 0 Å². The van der Waals surface area contributed by atoms with Gasteiger partial charge in [0.05, 0.1) is 22.7 Å². The van der Waals surface area contributed by atoms with E-state index in [4.69, 9.17) is 16.9 Å². The summed E-state index contributed by atoms with van der Waals surface area (Å²) in [6.45, 7) is 3.33. The van der Waals surface area contributed by atoms with Gasteiger partial charge in [-0.25, -0.2) is 0 Å². The number of amides is 1. The Labute approximate surface area is 129 Å². The number of likely N-dealkylation sites (tertiary alicyclic amines) is 1. The first-order valence-electron chi connectivity index (χ1n) is 6.90. The predicted molar refractivity (Wildman–Crippen MR) is 81.1 cm³/mol. The van der Waals surface area contributed by atoms with Crippen LogP contribution in [0.15, 0.2) is 18.2 Å². The summed E-state index contributed by atoms with van der Waals surface area (Å²) >= 11 is 5.91. The molecule has 2 N–H and O–H groups in total. The molecule has 2 rings (SSSR count). The van der Waals surface area contributed by atoms with E-state index in [1.54, 1.807) is 18.2 Å². The molecule has 1 aliphatic heterocycles. The molecule has 0 aromatic heterocycles. The van der Waals surface area contributed by atoms with E-state index in [0.29, 0.717) is 29.4 Å². The number of benzene rings is 1. The zero-order chi connectivity index (χ0) is 15.5. The maximum atomic E-state index is 11.9. The molecule has 0 unspecified atom stereocenters. The largest absolute Gasteiger partial charge is 0.387 e. The topological polar surface area (TPSA) is 76.4 Å². The third-order valence-corrected chi connectivity index (χ3v) is 3.80. The molecular weight excluding hydrogens is 290 g/mol. The average Bonchev–Trinajstić information content (AvgIpc) is 2.37. The molecule has 0 spiro atoms. The normalized spacial score (nSPS) is 16.9. The van der Waals surface area contributed by atoms with Gasteiger partial charge < -0.3 is 10.4 Å². The molecule has 6 heteroatoms. The Kier molecular flexibility index (Phi) is 4.84. The molecular formula is C15H18ClN3O2. The van der Waals surface area contributed by atoms with E-state index < -0.39 is 5.60 Å². The fourth-order valence-corrected chi connectivity index (χ4v) is 2.83. The molecule has 0 atom stereocenters.